The standard InChI is InChI=1S/C19H16N4O4/c1-23-18(25)15-10-6-5-9-14(15)16(22-23)17(24)21-20-11-12-7-3-4-8-13(12)19(26)27-2/h3-11H,1-2H3,(H,21,24)/b20-11-. The van der Waals surface area contributed by atoms with Gasteiger partial charge in [-0.3, -0.25) is 9.59 Å². The van der Waals surface area contributed by atoms with E-state index in [4.69, 9.17) is 4.74 Å². The maximum Gasteiger partial charge on any atom is 0.338 e. The summed E-state index contributed by atoms with van der Waals surface area (Å²) in [6.45, 7) is 0. The van der Waals surface area contributed by atoms with E-state index in [2.05, 4.69) is 15.6 Å². The van der Waals surface area contributed by atoms with Gasteiger partial charge >= 0.3 is 5.97 Å². The molecular weight excluding hydrogens is 348 g/mol. The molecule has 0 spiro atoms. The molecule has 0 fully saturated rings. The van der Waals surface area contributed by atoms with E-state index >= 15 is 0 Å². The average molecular weight is 364 g/mol. The van der Waals surface area contributed by atoms with Crippen molar-refractivity contribution in [2.24, 2.45) is 12.1 Å². The molecule has 1 amide bonds. The molecule has 0 saturated carbocycles. The molecule has 3 rings (SSSR count). The van der Waals surface area contributed by atoms with Gasteiger partial charge in [0.15, 0.2) is 5.69 Å². The van der Waals surface area contributed by atoms with Gasteiger partial charge in [0.1, 0.15) is 0 Å². The number of carbonyl (C=O) groups is 2. The number of carbonyl (C=O) groups excluding carboxylic acids is 2. The number of hydrazone groups is 1. The number of fused-ring (bicyclic) bond motifs is 1. The van der Waals surface area contributed by atoms with Crippen LogP contribution in [-0.4, -0.2) is 35.0 Å². The Morgan fingerprint density at radius 1 is 1.11 bits per heavy atom. The van der Waals surface area contributed by atoms with Crippen LogP contribution in [-0.2, 0) is 11.8 Å². The fourth-order valence-electron chi connectivity index (χ4n) is 2.59. The van der Waals surface area contributed by atoms with Crippen LogP contribution in [0.4, 0.5) is 0 Å². The van der Waals surface area contributed by atoms with E-state index in [1.54, 1.807) is 48.5 Å². The SMILES string of the molecule is COC(=O)c1ccccc1/C=N\NC(=O)c1nn(C)c(=O)c2ccccc12. The lowest BCUT2D eigenvalue weighted by molar-refractivity contribution is 0.0600. The van der Waals surface area contributed by atoms with Crippen LogP contribution in [0.15, 0.2) is 58.4 Å². The summed E-state index contributed by atoms with van der Waals surface area (Å²) >= 11 is 0. The molecule has 1 heterocycles. The van der Waals surface area contributed by atoms with Gasteiger partial charge in [-0.25, -0.2) is 14.9 Å². The van der Waals surface area contributed by atoms with Gasteiger partial charge in [0.25, 0.3) is 11.5 Å². The number of nitrogens with one attached hydrogen (secondary N) is 1. The lowest BCUT2D eigenvalue weighted by atomic mass is 10.1. The zero-order chi connectivity index (χ0) is 19.4. The maximum absolute atomic E-state index is 12.5. The smallest absolute Gasteiger partial charge is 0.338 e. The zero-order valence-corrected chi connectivity index (χ0v) is 14.7. The number of nitrogens with zero attached hydrogens (tertiary/aromatic N) is 3. The predicted octanol–water partition coefficient (Wildman–Crippen LogP) is 1.48. The Balaban J connectivity index is 1.89. The van der Waals surface area contributed by atoms with Crippen molar-refractivity contribution >= 4 is 28.9 Å². The van der Waals surface area contributed by atoms with Crippen molar-refractivity contribution in [2.45, 2.75) is 0 Å². The van der Waals surface area contributed by atoms with Gasteiger partial charge in [-0.1, -0.05) is 36.4 Å². The molecule has 8 heteroatoms. The normalized spacial score (nSPS) is 10.9. The second-order valence-corrected chi connectivity index (χ2v) is 5.60. The van der Waals surface area contributed by atoms with Crippen molar-refractivity contribution in [1.29, 1.82) is 0 Å². The number of benzene rings is 2. The van der Waals surface area contributed by atoms with Crippen LogP contribution in [0.1, 0.15) is 26.4 Å². The van der Waals surface area contributed by atoms with Gasteiger partial charge in [0.05, 0.1) is 24.3 Å². The van der Waals surface area contributed by atoms with Crippen LogP contribution in [0.3, 0.4) is 0 Å². The Morgan fingerprint density at radius 3 is 2.52 bits per heavy atom. The van der Waals surface area contributed by atoms with Gasteiger partial charge in [0, 0.05) is 18.0 Å². The summed E-state index contributed by atoms with van der Waals surface area (Å²) in [6, 6.07) is 13.4. The Labute approximate surface area is 154 Å². The average Bonchev–Trinajstić information content (AvgIpc) is 2.70. The molecule has 8 nitrogen and oxygen atoms in total. The summed E-state index contributed by atoms with van der Waals surface area (Å²) in [5.41, 5.74) is 2.96. The zero-order valence-electron chi connectivity index (χ0n) is 14.7. The number of rotatable bonds is 4. The van der Waals surface area contributed by atoms with Gasteiger partial charge in [-0.15, -0.1) is 0 Å². The number of esters is 1. The van der Waals surface area contributed by atoms with E-state index in [1.165, 1.54) is 20.4 Å². The number of hydrogen-bond donors (Lipinski definition) is 1. The molecule has 27 heavy (non-hydrogen) atoms. The van der Waals surface area contributed by atoms with Gasteiger partial charge in [-0.05, 0) is 12.1 Å². The Bertz CT molecular complexity index is 1120. The van der Waals surface area contributed by atoms with Gasteiger partial charge < -0.3 is 4.74 Å². The molecular formula is C19H16N4O4. The second kappa shape index (κ2) is 7.61. The summed E-state index contributed by atoms with van der Waals surface area (Å²) in [5.74, 6) is -1.08. The summed E-state index contributed by atoms with van der Waals surface area (Å²) in [5, 5.41) is 8.75. The van der Waals surface area contributed by atoms with Crippen molar-refractivity contribution in [3.63, 3.8) is 0 Å². The van der Waals surface area contributed by atoms with Crippen LogP contribution in [0, 0.1) is 0 Å². The number of aryl methyl sites for hydroxylation is 1. The van der Waals surface area contributed by atoms with E-state index in [9.17, 15) is 14.4 Å². The summed E-state index contributed by atoms with van der Waals surface area (Å²) in [4.78, 5) is 36.4. The monoisotopic (exact) mass is 364 g/mol. The van der Waals surface area contributed by atoms with Crippen LogP contribution in [0.5, 0.6) is 0 Å². The molecule has 3 aromatic rings. The Kier molecular flexibility index (Phi) is 5.07. The quantitative estimate of drug-likeness (QED) is 0.429. The molecule has 0 bridgehead atoms. The maximum atomic E-state index is 12.5. The minimum absolute atomic E-state index is 0.0751. The summed E-state index contributed by atoms with van der Waals surface area (Å²) in [6.07, 6.45) is 1.34. The molecule has 0 unspecified atom stereocenters. The predicted molar refractivity (Wildman–Crippen MR) is 99.8 cm³/mol. The Morgan fingerprint density at radius 2 is 1.78 bits per heavy atom. The first-order valence-electron chi connectivity index (χ1n) is 7.99. The molecule has 0 aliphatic carbocycles. The second-order valence-electron chi connectivity index (χ2n) is 5.60. The van der Waals surface area contributed by atoms with Crippen molar-refractivity contribution in [3.05, 3.63) is 75.7 Å². The summed E-state index contributed by atoms with van der Waals surface area (Å²) < 4.78 is 5.82. The first-order chi connectivity index (χ1) is 13.0. The van der Waals surface area contributed by atoms with Crippen LogP contribution >= 0.6 is 0 Å². The first-order valence-corrected chi connectivity index (χ1v) is 7.99. The number of methoxy groups -OCH3 is 1. The third-order valence-corrected chi connectivity index (χ3v) is 3.91. The van der Waals surface area contributed by atoms with Crippen molar-refractivity contribution in [1.82, 2.24) is 15.2 Å². The molecule has 0 saturated heterocycles. The minimum atomic E-state index is -0.575. The van der Waals surface area contributed by atoms with Crippen LogP contribution in [0.2, 0.25) is 0 Å². The molecule has 0 aliphatic rings. The van der Waals surface area contributed by atoms with Gasteiger partial charge in [0.2, 0.25) is 0 Å². The first kappa shape index (κ1) is 18.0. The van der Waals surface area contributed by atoms with Gasteiger partial charge in [-0.2, -0.15) is 10.2 Å². The molecule has 0 radical (unpaired) electrons. The topological polar surface area (TPSA) is 103 Å². The number of amides is 1. The molecule has 0 atom stereocenters. The van der Waals surface area contributed by atoms with Crippen molar-refractivity contribution in [2.75, 3.05) is 7.11 Å². The molecule has 0 aliphatic heterocycles. The molecule has 1 N–H and O–H groups in total. The van der Waals surface area contributed by atoms with Crippen LogP contribution in [0.25, 0.3) is 10.8 Å². The minimum Gasteiger partial charge on any atom is -0.465 e. The van der Waals surface area contributed by atoms with Crippen molar-refractivity contribution < 1.29 is 14.3 Å². The lowest BCUT2D eigenvalue weighted by Crippen LogP contribution is -2.27. The molecule has 136 valence electrons. The fraction of sp³-hybridized carbons (Fsp3) is 0.105. The third-order valence-electron chi connectivity index (χ3n) is 3.91. The van der Waals surface area contributed by atoms with Crippen molar-refractivity contribution in [3.8, 4) is 0 Å². The molecule has 1 aromatic heterocycles. The highest BCUT2D eigenvalue weighted by Gasteiger charge is 2.15. The van der Waals surface area contributed by atoms with Crippen LogP contribution < -0.4 is 11.0 Å². The third kappa shape index (κ3) is 3.59. The molecule has 2 aromatic carbocycles. The number of aromatic nitrogens is 2. The highest BCUT2D eigenvalue weighted by atomic mass is 16.5. The van der Waals surface area contributed by atoms with E-state index in [1.807, 2.05) is 0 Å². The number of hydrogen-bond acceptors (Lipinski definition) is 6. The Hall–Kier alpha value is -3.81. The van der Waals surface area contributed by atoms with E-state index < -0.39 is 11.9 Å². The fourth-order valence-corrected chi connectivity index (χ4v) is 2.59. The highest BCUT2D eigenvalue weighted by Crippen LogP contribution is 2.13. The largest absolute Gasteiger partial charge is 0.465 e. The number of ether oxygens (including phenoxy) is 1. The van der Waals surface area contributed by atoms with E-state index in [0.29, 0.717) is 21.9 Å². The lowest BCUT2D eigenvalue weighted by Gasteiger charge is -2.06. The van der Waals surface area contributed by atoms with E-state index in [-0.39, 0.29) is 11.3 Å². The highest BCUT2D eigenvalue weighted by molar-refractivity contribution is 6.05. The summed E-state index contributed by atoms with van der Waals surface area (Å²) in [7, 11) is 2.76. The van der Waals surface area contributed by atoms with E-state index in [0.717, 1.165) is 4.68 Å².